The summed E-state index contributed by atoms with van der Waals surface area (Å²) < 4.78 is 2.01. The number of imidazole rings is 1. The lowest BCUT2D eigenvalue weighted by Crippen LogP contribution is -2.32. The molecule has 0 saturated carbocycles. The third-order valence-corrected chi connectivity index (χ3v) is 2.34. The van der Waals surface area contributed by atoms with Crippen molar-refractivity contribution >= 4 is 35.6 Å². The Morgan fingerprint density at radius 1 is 1.53 bits per heavy atom. The molecular formula is C11H16IN5. The van der Waals surface area contributed by atoms with Crippen LogP contribution in [0, 0.1) is 0 Å². The first-order valence-electron chi connectivity index (χ1n) is 5.18. The van der Waals surface area contributed by atoms with Crippen LogP contribution in [0.5, 0.6) is 0 Å². The molecule has 0 atom stereocenters. The van der Waals surface area contributed by atoms with Gasteiger partial charge in [-0.3, -0.25) is 4.99 Å². The van der Waals surface area contributed by atoms with E-state index in [9.17, 15) is 0 Å². The average Bonchev–Trinajstić information content (AvgIpc) is 2.71. The van der Waals surface area contributed by atoms with E-state index < -0.39 is 0 Å². The van der Waals surface area contributed by atoms with Crippen molar-refractivity contribution in [2.75, 3.05) is 13.6 Å². The molecule has 2 rings (SSSR count). The number of aliphatic imine (C=N–C) groups is 1. The Hall–Kier alpha value is -1.31. The molecule has 2 aromatic rings. The Kier molecular flexibility index (Phi) is 5.20. The first kappa shape index (κ1) is 13.8. The molecule has 0 spiro atoms. The highest BCUT2D eigenvalue weighted by Crippen LogP contribution is 2.04. The van der Waals surface area contributed by atoms with Crippen LogP contribution in [0.25, 0.3) is 5.65 Å². The van der Waals surface area contributed by atoms with Crippen LogP contribution in [-0.4, -0.2) is 28.9 Å². The third kappa shape index (κ3) is 3.58. The summed E-state index contributed by atoms with van der Waals surface area (Å²) in [5.74, 6) is 0.462. The molecule has 0 amide bonds. The van der Waals surface area contributed by atoms with Crippen LogP contribution in [0.15, 0.2) is 35.6 Å². The van der Waals surface area contributed by atoms with E-state index in [1.807, 2.05) is 35.0 Å². The number of halogens is 1. The first-order valence-corrected chi connectivity index (χ1v) is 5.18. The molecule has 0 aliphatic rings. The summed E-state index contributed by atoms with van der Waals surface area (Å²) in [6.45, 7) is 0.743. The molecule has 2 heterocycles. The van der Waals surface area contributed by atoms with Gasteiger partial charge in [0.2, 0.25) is 0 Å². The second kappa shape index (κ2) is 6.43. The van der Waals surface area contributed by atoms with Gasteiger partial charge in [0.25, 0.3) is 0 Å². The van der Waals surface area contributed by atoms with E-state index in [0.717, 1.165) is 24.3 Å². The predicted octanol–water partition coefficient (Wildman–Crippen LogP) is 1.03. The maximum absolute atomic E-state index is 5.53. The summed E-state index contributed by atoms with van der Waals surface area (Å²) in [5.41, 5.74) is 7.54. The Labute approximate surface area is 117 Å². The zero-order valence-corrected chi connectivity index (χ0v) is 12.0. The zero-order valence-electron chi connectivity index (χ0n) is 9.63. The fraction of sp³-hybridized carbons (Fsp3) is 0.273. The molecule has 0 aliphatic carbocycles. The van der Waals surface area contributed by atoms with Crippen molar-refractivity contribution in [1.29, 1.82) is 0 Å². The van der Waals surface area contributed by atoms with E-state index in [1.54, 1.807) is 7.05 Å². The molecule has 0 aromatic carbocycles. The first-order chi connectivity index (χ1) is 7.79. The van der Waals surface area contributed by atoms with E-state index >= 15 is 0 Å². The predicted molar refractivity (Wildman–Crippen MR) is 79.9 cm³/mol. The molecule has 6 heteroatoms. The number of pyridine rings is 1. The maximum atomic E-state index is 5.53. The van der Waals surface area contributed by atoms with E-state index in [4.69, 9.17) is 5.73 Å². The normalized spacial score (nSPS) is 11.2. The molecule has 0 bridgehead atoms. The van der Waals surface area contributed by atoms with Crippen LogP contribution in [0.1, 0.15) is 5.69 Å². The van der Waals surface area contributed by atoms with Crippen molar-refractivity contribution in [1.82, 2.24) is 14.7 Å². The van der Waals surface area contributed by atoms with Gasteiger partial charge < -0.3 is 15.5 Å². The summed E-state index contributed by atoms with van der Waals surface area (Å²) >= 11 is 0. The number of rotatable bonds is 3. The molecule has 0 saturated heterocycles. The van der Waals surface area contributed by atoms with Gasteiger partial charge in [-0.2, -0.15) is 0 Å². The van der Waals surface area contributed by atoms with Crippen molar-refractivity contribution < 1.29 is 0 Å². The fourth-order valence-electron chi connectivity index (χ4n) is 1.51. The number of hydrogen-bond acceptors (Lipinski definition) is 2. The summed E-state index contributed by atoms with van der Waals surface area (Å²) in [6, 6.07) is 5.95. The second-order valence-electron chi connectivity index (χ2n) is 3.48. The molecular weight excluding hydrogens is 329 g/mol. The number of nitrogens with zero attached hydrogens (tertiary/aromatic N) is 3. The van der Waals surface area contributed by atoms with Crippen molar-refractivity contribution in [2.24, 2.45) is 10.7 Å². The summed E-state index contributed by atoms with van der Waals surface area (Å²) in [6.07, 6.45) is 4.84. The highest BCUT2D eigenvalue weighted by atomic mass is 127. The van der Waals surface area contributed by atoms with Gasteiger partial charge in [0.1, 0.15) is 5.65 Å². The van der Waals surface area contributed by atoms with Crippen LogP contribution in [0.4, 0.5) is 0 Å². The standard InChI is InChI=1S/C11H15N5.HI/c1-13-11(12)14-6-5-9-8-16-7-3-2-4-10(16)15-9;/h2-4,7-8H,5-6H2,1H3,(H3,12,13,14);1H. The lowest BCUT2D eigenvalue weighted by Gasteiger charge is -2.01. The van der Waals surface area contributed by atoms with Crippen LogP contribution >= 0.6 is 24.0 Å². The van der Waals surface area contributed by atoms with Gasteiger partial charge in [0.15, 0.2) is 5.96 Å². The van der Waals surface area contributed by atoms with Crippen molar-refractivity contribution in [3.8, 4) is 0 Å². The summed E-state index contributed by atoms with van der Waals surface area (Å²) in [5, 5.41) is 3.00. The molecule has 5 nitrogen and oxygen atoms in total. The van der Waals surface area contributed by atoms with Crippen LogP contribution in [0.2, 0.25) is 0 Å². The minimum absolute atomic E-state index is 0. The monoisotopic (exact) mass is 345 g/mol. The number of nitrogens with one attached hydrogen (secondary N) is 1. The van der Waals surface area contributed by atoms with Gasteiger partial charge >= 0.3 is 0 Å². The van der Waals surface area contributed by atoms with Crippen LogP contribution in [-0.2, 0) is 6.42 Å². The largest absolute Gasteiger partial charge is 0.370 e. The lowest BCUT2D eigenvalue weighted by molar-refractivity contribution is 0.840. The van der Waals surface area contributed by atoms with E-state index in [0.29, 0.717) is 5.96 Å². The quantitative estimate of drug-likeness (QED) is 0.496. The minimum atomic E-state index is 0. The number of guanidine groups is 1. The Morgan fingerprint density at radius 3 is 3.06 bits per heavy atom. The van der Waals surface area contributed by atoms with Gasteiger partial charge in [0, 0.05) is 32.4 Å². The average molecular weight is 345 g/mol. The fourth-order valence-corrected chi connectivity index (χ4v) is 1.51. The van der Waals surface area contributed by atoms with Gasteiger partial charge in [-0.25, -0.2) is 4.98 Å². The maximum Gasteiger partial charge on any atom is 0.188 e. The van der Waals surface area contributed by atoms with E-state index in [2.05, 4.69) is 15.3 Å². The Morgan fingerprint density at radius 2 is 2.35 bits per heavy atom. The van der Waals surface area contributed by atoms with Crippen molar-refractivity contribution in [3.63, 3.8) is 0 Å². The number of aromatic nitrogens is 2. The molecule has 0 fully saturated rings. The molecule has 3 N–H and O–H groups in total. The number of nitrogens with two attached hydrogens (primary N) is 1. The third-order valence-electron chi connectivity index (χ3n) is 2.34. The molecule has 92 valence electrons. The number of fused-ring (bicyclic) bond motifs is 1. The molecule has 17 heavy (non-hydrogen) atoms. The van der Waals surface area contributed by atoms with Gasteiger partial charge in [-0.1, -0.05) is 6.07 Å². The second-order valence-corrected chi connectivity index (χ2v) is 3.48. The summed E-state index contributed by atoms with van der Waals surface area (Å²) in [4.78, 5) is 8.30. The van der Waals surface area contributed by atoms with Gasteiger partial charge in [-0.15, -0.1) is 24.0 Å². The molecule has 0 radical (unpaired) electrons. The summed E-state index contributed by atoms with van der Waals surface area (Å²) in [7, 11) is 1.66. The Balaban J connectivity index is 0.00000144. The lowest BCUT2D eigenvalue weighted by atomic mass is 10.3. The van der Waals surface area contributed by atoms with Crippen molar-refractivity contribution in [3.05, 3.63) is 36.3 Å². The highest BCUT2D eigenvalue weighted by Gasteiger charge is 2.00. The van der Waals surface area contributed by atoms with Gasteiger partial charge in [-0.05, 0) is 12.1 Å². The SMILES string of the molecule is CN=C(N)NCCc1cn2ccccc2n1.I. The highest BCUT2D eigenvalue weighted by molar-refractivity contribution is 14.0. The van der Waals surface area contributed by atoms with Crippen LogP contribution < -0.4 is 11.1 Å². The molecule has 2 aromatic heterocycles. The number of hydrogen-bond donors (Lipinski definition) is 2. The van der Waals surface area contributed by atoms with E-state index in [-0.39, 0.29) is 24.0 Å². The zero-order chi connectivity index (χ0) is 11.4. The topological polar surface area (TPSA) is 67.7 Å². The van der Waals surface area contributed by atoms with Gasteiger partial charge in [0.05, 0.1) is 5.69 Å². The van der Waals surface area contributed by atoms with E-state index in [1.165, 1.54) is 0 Å². The minimum Gasteiger partial charge on any atom is -0.370 e. The van der Waals surface area contributed by atoms with Crippen molar-refractivity contribution in [2.45, 2.75) is 6.42 Å². The smallest absolute Gasteiger partial charge is 0.188 e. The van der Waals surface area contributed by atoms with Crippen LogP contribution in [0.3, 0.4) is 0 Å². The molecule has 0 unspecified atom stereocenters. The Bertz CT molecular complexity index is 472. The molecule has 0 aliphatic heterocycles.